The molecule has 0 aliphatic heterocycles. The minimum atomic E-state index is -0.875. The minimum Gasteiger partial charge on any atom is -0.307 e. The maximum atomic E-state index is 11.3. The van der Waals surface area contributed by atoms with Gasteiger partial charge in [-0.15, -0.1) is 0 Å². The van der Waals surface area contributed by atoms with Gasteiger partial charge in [-0.1, -0.05) is 19.1 Å². The van der Waals surface area contributed by atoms with Gasteiger partial charge in [0, 0.05) is 34.0 Å². The highest BCUT2D eigenvalue weighted by Gasteiger charge is 2.33. The van der Waals surface area contributed by atoms with Crippen LogP contribution in [0.25, 0.3) is 0 Å². The molecular weight excluding hydrogens is 218 g/mol. The molecule has 4 atom stereocenters. The maximum absolute atomic E-state index is 11.3. The van der Waals surface area contributed by atoms with E-state index >= 15 is 0 Å². The summed E-state index contributed by atoms with van der Waals surface area (Å²) >= 11 is 0. The predicted octanol–water partition coefficient (Wildman–Crippen LogP) is 2.48. The lowest BCUT2D eigenvalue weighted by Gasteiger charge is -2.14. The largest absolute Gasteiger partial charge is 0.307 e. The first-order chi connectivity index (χ1) is 7.58. The second-order valence-corrected chi connectivity index (χ2v) is 6.11. The monoisotopic (exact) mass is 237 g/mol. The highest BCUT2D eigenvalue weighted by molar-refractivity contribution is 7.84. The van der Waals surface area contributed by atoms with Crippen molar-refractivity contribution in [3.63, 3.8) is 0 Å². The molecule has 1 saturated carbocycles. The number of hydrogen-bond donors (Lipinski definition) is 1. The van der Waals surface area contributed by atoms with E-state index in [4.69, 9.17) is 0 Å². The fourth-order valence-electron chi connectivity index (χ4n) is 1.92. The average Bonchev–Trinajstić information content (AvgIpc) is 2.94. The van der Waals surface area contributed by atoms with E-state index in [1.807, 2.05) is 12.1 Å². The molecule has 0 amide bonds. The zero-order valence-electron chi connectivity index (χ0n) is 10.1. The van der Waals surface area contributed by atoms with Gasteiger partial charge in [0.2, 0.25) is 0 Å². The Hall–Kier alpha value is -0.670. The van der Waals surface area contributed by atoms with Crippen LogP contribution in [0.3, 0.4) is 0 Å². The molecule has 88 valence electrons. The molecule has 3 heteroatoms. The number of hydrogen-bond acceptors (Lipinski definition) is 2. The van der Waals surface area contributed by atoms with E-state index in [0.29, 0.717) is 12.1 Å². The van der Waals surface area contributed by atoms with Crippen LogP contribution < -0.4 is 5.32 Å². The van der Waals surface area contributed by atoms with Crippen LogP contribution in [0.1, 0.15) is 31.9 Å². The van der Waals surface area contributed by atoms with Gasteiger partial charge in [0.15, 0.2) is 0 Å². The average molecular weight is 237 g/mol. The summed E-state index contributed by atoms with van der Waals surface area (Å²) in [6, 6.07) is 9.13. The Morgan fingerprint density at radius 2 is 1.94 bits per heavy atom. The molecule has 0 heterocycles. The van der Waals surface area contributed by atoms with Crippen LogP contribution in [-0.2, 0) is 10.8 Å². The lowest BCUT2D eigenvalue weighted by Crippen LogP contribution is -2.21. The molecule has 0 radical (unpaired) electrons. The van der Waals surface area contributed by atoms with Gasteiger partial charge in [0.05, 0.1) is 0 Å². The van der Waals surface area contributed by atoms with Crippen LogP contribution in [0, 0.1) is 5.92 Å². The Morgan fingerprint density at radius 3 is 2.38 bits per heavy atom. The van der Waals surface area contributed by atoms with Crippen molar-refractivity contribution in [1.82, 2.24) is 5.32 Å². The third-order valence-corrected chi connectivity index (χ3v) is 4.22. The predicted molar refractivity (Wildman–Crippen MR) is 67.9 cm³/mol. The standard InChI is InChI=1S/C13H19NOS/c1-9-8-13(9)14-10(2)11-4-6-12(7-5-11)16(3)15/h4-7,9-10,13-14H,8H2,1-3H3. The van der Waals surface area contributed by atoms with Crippen molar-refractivity contribution in [2.75, 3.05) is 6.26 Å². The van der Waals surface area contributed by atoms with Crippen LogP contribution in [0.15, 0.2) is 29.2 Å². The highest BCUT2D eigenvalue weighted by atomic mass is 32.2. The summed E-state index contributed by atoms with van der Waals surface area (Å²) in [5.74, 6) is 0.824. The number of benzene rings is 1. The first kappa shape index (κ1) is 11.8. The van der Waals surface area contributed by atoms with Crippen LogP contribution in [0.2, 0.25) is 0 Å². The van der Waals surface area contributed by atoms with E-state index in [2.05, 4.69) is 31.3 Å². The maximum Gasteiger partial charge on any atom is 0.0498 e. The Morgan fingerprint density at radius 1 is 1.38 bits per heavy atom. The second-order valence-electron chi connectivity index (χ2n) is 4.73. The molecule has 0 aromatic heterocycles. The molecule has 4 unspecified atom stereocenters. The molecule has 0 saturated heterocycles. The fraction of sp³-hybridized carbons (Fsp3) is 0.538. The molecule has 0 bridgehead atoms. The summed E-state index contributed by atoms with van der Waals surface area (Å²) in [7, 11) is -0.875. The van der Waals surface area contributed by atoms with Crippen LogP contribution in [0.4, 0.5) is 0 Å². The molecule has 1 aliphatic rings. The van der Waals surface area contributed by atoms with Gasteiger partial charge in [-0.05, 0) is 37.0 Å². The zero-order valence-corrected chi connectivity index (χ0v) is 10.9. The van der Waals surface area contributed by atoms with Crippen molar-refractivity contribution in [3.05, 3.63) is 29.8 Å². The molecule has 1 N–H and O–H groups in total. The zero-order chi connectivity index (χ0) is 11.7. The molecule has 1 fully saturated rings. The summed E-state index contributed by atoms with van der Waals surface area (Å²) in [5.41, 5.74) is 1.27. The van der Waals surface area contributed by atoms with E-state index in [9.17, 15) is 4.21 Å². The van der Waals surface area contributed by atoms with Crippen molar-refractivity contribution in [1.29, 1.82) is 0 Å². The summed E-state index contributed by atoms with van der Waals surface area (Å²) in [6.07, 6.45) is 3.00. The third-order valence-electron chi connectivity index (χ3n) is 3.29. The Labute approximate surface area is 99.9 Å². The van der Waals surface area contributed by atoms with Gasteiger partial charge in [-0.25, -0.2) is 0 Å². The SMILES string of the molecule is CC(NC1CC1C)c1ccc(S(C)=O)cc1. The van der Waals surface area contributed by atoms with Gasteiger partial charge < -0.3 is 5.32 Å². The van der Waals surface area contributed by atoms with Crippen molar-refractivity contribution in [3.8, 4) is 0 Å². The first-order valence-corrected chi connectivity index (χ1v) is 7.33. The molecule has 1 aliphatic carbocycles. The first-order valence-electron chi connectivity index (χ1n) is 5.77. The normalized spacial score (nSPS) is 27.4. The molecule has 1 aromatic rings. The second kappa shape index (κ2) is 4.68. The van der Waals surface area contributed by atoms with E-state index in [0.717, 1.165) is 10.8 Å². The Balaban J connectivity index is 2.00. The topological polar surface area (TPSA) is 29.1 Å². The van der Waals surface area contributed by atoms with E-state index < -0.39 is 10.8 Å². The van der Waals surface area contributed by atoms with E-state index in [-0.39, 0.29) is 0 Å². The summed E-state index contributed by atoms with van der Waals surface area (Å²) in [4.78, 5) is 0.899. The molecular formula is C13H19NOS. The van der Waals surface area contributed by atoms with Crippen molar-refractivity contribution in [2.24, 2.45) is 5.92 Å². The minimum absolute atomic E-state index is 0.384. The lowest BCUT2D eigenvalue weighted by molar-refractivity contribution is 0.551. The molecule has 16 heavy (non-hydrogen) atoms. The molecule has 2 rings (SSSR count). The number of nitrogens with one attached hydrogen (secondary N) is 1. The highest BCUT2D eigenvalue weighted by Crippen LogP contribution is 2.31. The van der Waals surface area contributed by atoms with Gasteiger partial charge in [-0.2, -0.15) is 0 Å². The van der Waals surface area contributed by atoms with Gasteiger partial charge in [0.25, 0.3) is 0 Å². The molecule has 0 spiro atoms. The fourth-order valence-corrected chi connectivity index (χ4v) is 2.44. The van der Waals surface area contributed by atoms with Gasteiger partial charge in [0.1, 0.15) is 0 Å². The Bertz CT molecular complexity index is 387. The van der Waals surface area contributed by atoms with Crippen LogP contribution >= 0.6 is 0 Å². The Kier molecular flexibility index (Phi) is 3.45. The van der Waals surface area contributed by atoms with Crippen LogP contribution in [0.5, 0.6) is 0 Å². The number of rotatable bonds is 4. The quantitative estimate of drug-likeness (QED) is 0.871. The summed E-state index contributed by atoms with van der Waals surface area (Å²) < 4.78 is 11.3. The van der Waals surface area contributed by atoms with Crippen molar-refractivity contribution in [2.45, 2.75) is 37.2 Å². The summed E-state index contributed by atoms with van der Waals surface area (Å²) in [6.45, 7) is 4.46. The molecule has 2 nitrogen and oxygen atoms in total. The smallest absolute Gasteiger partial charge is 0.0498 e. The van der Waals surface area contributed by atoms with Gasteiger partial charge >= 0.3 is 0 Å². The van der Waals surface area contributed by atoms with Crippen molar-refractivity contribution >= 4 is 10.8 Å². The van der Waals surface area contributed by atoms with Gasteiger partial charge in [-0.3, -0.25) is 4.21 Å². The molecule has 1 aromatic carbocycles. The lowest BCUT2D eigenvalue weighted by atomic mass is 10.1. The third kappa shape index (κ3) is 2.71. The summed E-state index contributed by atoms with van der Waals surface area (Å²) in [5, 5.41) is 3.59. The van der Waals surface area contributed by atoms with Crippen LogP contribution in [-0.4, -0.2) is 16.5 Å². The van der Waals surface area contributed by atoms with E-state index in [1.54, 1.807) is 6.26 Å². The van der Waals surface area contributed by atoms with E-state index in [1.165, 1.54) is 12.0 Å². The van der Waals surface area contributed by atoms with Crippen molar-refractivity contribution < 1.29 is 4.21 Å².